The Morgan fingerprint density at radius 1 is 1.38 bits per heavy atom. The summed E-state index contributed by atoms with van der Waals surface area (Å²) in [5.41, 5.74) is -1.16. The molecule has 0 saturated carbocycles. The second kappa shape index (κ2) is 6.48. The minimum atomic E-state index is -1.16. The van der Waals surface area contributed by atoms with Crippen molar-refractivity contribution in [1.82, 2.24) is 4.90 Å². The average molecular weight is 231 g/mol. The summed E-state index contributed by atoms with van der Waals surface area (Å²) in [6.07, 6.45) is 0.930. The third-order valence-electron chi connectivity index (χ3n) is 2.62. The number of hydrogen-bond donors (Lipinski definition) is 1. The highest BCUT2D eigenvalue weighted by Crippen LogP contribution is 2.14. The molecule has 0 radical (unpaired) electrons. The number of nitrogens with zero attached hydrogens (tertiary/aromatic N) is 1. The van der Waals surface area contributed by atoms with Crippen LogP contribution >= 0.6 is 0 Å². The highest BCUT2D eigenvalue weighted by atomic mass is 16.5. The fourth-order valence-corrected chi connectivity index (χ4v) is 1.09. The molecule has 0 aromatic rings. The molecule has 0 unspecified atom stereocenters. The molecule has 0 aliphatic rings. The number of likely N-dealkylation sites (N-methyl/N-ethyl adjacent to an activating group) is 1. The fourth-order valence-electron chi connectivity index (χ4n) is 1.09. The van der Waals surface area contributed by atoms with Gasteiger partial charge in [-0.2, -0.15) is 0 Å². The van der Waals surface area contributed by atoms with Crippen LogP contribution in [0.4, 0.5) is 0 Å². The SMILES string of the molecule is CCOCCCC(=O)N(C)C(C)(C)C(=O)O. The maximum absolute atomic E-state index is 11.7. The van der Waals surface area contributed by atoms with E-state index in [4.69, 9.17) is 9.84 Å². The van der Waals surface area contributed by atoms with Crippen LogP contribution in [-0.4, -0.2) is 47.7 Å². The number of ether oxygens (including phenoxy) is 1. The summed E-state index contributed by atoms with van der Waals surface area (Å²) < 4.78 is 5.11. The van der Waals surface area contributed by atoms with E-state index in [1.165, 1.54) is 25.8 Å². The first-order chi connectivity index (χ1) is 7.34. The van der Waals surface area contributed by atoms with Crippen molar-refractivity contribution in [2.24, 2.45) is 0 Å². The number of carboxylic acid groups (broad SMARTS) is 1. The van der Waals surface area contributed by atoms with Gasteiger partial charge >= 0.3 is 5.97 Å². The fraction of sp³-hybridized carbons (Fsp3) is 0.818. The van der Waals surface area contributed by atoms with Crippen molar-refractivity contribution in [1.29, 1.82) is 0 Å². The summed E-state index contributed by atoms with van der Waals surface area (Å²) in [5.74, 6) is -1.18. The van der Waals surface area contributed by atoms with Crippen LogP contribution in [0.5, 0.6) is 0 Å². The summed E-state index contributed by atoms with van der Waals surface area (Å²) in [4.78, 5) is 23.9. The van der Waals surface area contributed by atoms with E-state index in [0.717, 1.165) is 0 Å². The van der Waals surface area contributed by atoms with Gasteiger partial charge in [-0.05, 0) is 27.2 Å². The number of rotatable bonds is 7. The minimum absolute atomic E-state index is 0.174. The Morgan fingerprint density at radius 2 is 1.94 bits per heavy atom. The van der Waals surface area contributed by atoms with Crippen molar-refractivity contribution in [2.45, 2.75) is 39.2 Å². The van der Waals surface area contributed by atoms with Crippen LogP contribution < -0.4 is 0 Å². The molecule has 0 rings (SSSR count). The van der Waals surface area contributed by atoms with Gasteiger partial charge in [-0.15, -0.1) is 0 Å². The molecule has 0 bridgehead atoms. The zero-order chi connectivity index (χ0) is 12.8. The number of carbonyl (C=O) groups is 2. The van der Waals surface area contributed by atoms with Crippen molar-refractivity contribution in [3.63, 3.8) is 0 Å². The maximum Gasteiger partial charge on any atom is 0.329 e. The van der Waals surface area contributed by atoms with Gasteiger partial charge in [-0.25, -0.2) is 4.79 Å². The maximum atomic E-state index is 11.7. The molecule has 1 amide bonds. The van der Waals surface area contributed by atoms with Crippen molar-refractivity contribution < 1.29 is 19.4 Å². The Bertz CT molecular complexity index is 250. The summed E-state index contributed by atoms with van der Waals surface area (Å²) >= 11 is 0. The molecular weight excluding hydrogens is 210 g/mol. The van der Waals surface area contributed by atoms with Gasteiger partial charge in [0.05, 0.1) is 0 Å². The van der Waals surface area contributed by atoms with E-state index in [9.17, 15) is 9.59 Å². The first kappa shape index (κ1) is 14.9. The van der Waals surface area contributed by atoms with Gasteiger partial charge in [0.25, 0.3) is 0 Å². The second-order valence-corrected chi connectivity index (χ2v) is 4.12. The van der Waals surface area contributed by atoms with Crippen LogP contribution in [0.3, 0.4) is 0 Å². The molecular formula is C11H21NO4. The largest absolute Gasteiger partial charge is 0.480 e. The van der Waals surface area contributed by atoms with Gasteiger partial charge in [0.15, 0.2) is 0 Å². The molecule has 0 spiro atoms. The zero-order valence-electron chi connectivity index (χ0n) is 10.4. The van der Waals surface area contributed by atoms with Gasteiger partial charge in [-0.3, -0.25) is 4.79 Å². The topological polar surface area (TPSA) is 66.8 Å². The Morgan fingerprint density at radius 3 is 2.38 bits per heavy atom. The van der Waals surface area contributed by atoms with Crippen molar-refractivity contribution in [2.75, 3.05) is 20.3 Å². The molecule has 16 heavy (non-hydrogen) atoms. The molecule has 0 aromatic carbocycles. The number of aliphatic carboxylic acids is 1. The van der Waals surface area contributed by atoms with E-state index in [2.05, 4.69) is 0 Å². The Balaban J connectivity index is 4.13. The summed E-state index contributed by atoms with van der Waals surface area (Å²) in [6, 6.07) is 0. The lowest BCUT2D eigenvalue weighted by Crippen LogP contribution is -2.50. The van der Waals surface area contributed by atoms with Crippen LogP contribution in [0, 0.1) is 0 Å². The average Bonchev–Trinajstić information content (AvgIpc) is 2.22. The van der Waals surface area contributed by atoms with Gasteiger partial charge in [0, 0.05) is 26.7 Å². The molecule has 1 N–H and O–H groups in total. The lowest BCUT2D eigenvalue weighted by atomic mass is 10.0. The van der Waals surface area contributed by atoms with E-state index < -0.39 is 11.5 Å². The summed E-state index contributed by atoms with van der Waals surface area (Å²) in [5, 5.41) is 8.95. The quantitative estimate of drug-likeness (QED) is 0.667. The van der Waals surface area contributed by atoms with Crippen LogP contribution in [0.2, 0.25) is 0 Å². The van der Waals surface area contributed by atoms with Crippen molar-refractivity contribution >= 4 is 11.9 Å². The molecule has 0 aliphatic carbocycles. The third kappa shape index (κ3) is 4.18. The van der Waals surface area contributed by atoms with Gasteiger partial charge in [0.2, 0.25) is 5.91 Å². The normalized spacial score (nSPS) is 11.2. The monoisotopic (exact) mass is 231 g/mol. The lowest BCUT2D eigenvalue weighted by molar-refractivity contribution is -0.155. The van der Waals surface area contributed by atoms with Gasteiger partial charge in [0.1, 0.15) is 5.54 Å². The highest BCUT2D eigenvalue weighted by Gasteiger charge is 2.34. The first-order valence-corrected chi connectivity index (χ1v) is 5.41. The molecule has 0 aromatic heterocycles. The minimum Gasteiger partial charge on any atom is -0.480 e. The molecule has 0 atom stereocenters. The first-order valence-electron chi connectivity index (χ1n) is 5.41. The molecule has 94 valence electrons. The smallest absolute Gasteiger partial charge is 0.329 e. The lowest BCUT2D eigenvalue weighted by Gasteiger charge is -2.31. The van der Waals surface area contributed by atoms with E-state index in [-0.39, 0.29) is 5.91 Å². The van der Waals surface area contributed by atoms with E-state index in [0.29, 0.717) is 26.1 Å². The molecule has 0 heterocycles. The van der Waals surface area contributed by atoms with Gasteiger partial charge in [-0.1, -0.05) is 0 Å². The number of carboxylic acids is 1. The van der Waals surface area contributed by atoms with Crippen LogP contribution in [0.1, 0.15) is 33.6 Å². The Hall–Kier alpha value is -1.10. The van der Waals surface area contributed by atoms with Crippen molar-refractivity contribution in [3.8, 4) is 0 Å². The molecule has 0 aliphatic heterocycles. The Labute approximate surface area is 96.4 Å². The molecule has 5 nitrogen and oxygen atoms in total. The van der Waals surface area contributed by atoms with Crippen molar-refractivity contribution in [3.05, 3.63) is 0 Å². The standard InChI is InChI=1S/C11H21NO4/c1-5-16-8-6-7-9(13)12(4)11(2,3)10(14)15/h5-8H2,1-4H3,(H,14,15). The molecule has 0 fully saturated rings. The van der Waals surface area contributed by atoms with Crippen LogP contribution in [0.25, 0.3) is 0 Å². The highest BCUT2D eigenvalue weighted by molar-refractivity contribution is 5.86. The van der Waals surface area contributed by atoms with Crippen LogP contribution in [-0.2, 0) is 14.3 Å². The van der Waals surface area contributed by atoms with Gasteiger partial charge < -0.3 is 14.7 Å². The number of amides is 1. The van der Waals surface area contributed by atoms with Crippen LogP contribution in [0.15, 0.2) is 0 Å². The number of hydrogen-bond acceptors (Lipinski definition) is 3. The Kier molecular flexibility index (Phi) is 6.03. The second-order valence-electron chi connectivity index (χ2n) is 4.12. The molecule has 5 heteroatoms. The van der Waals surface area contributed by atoms with E-state index in [1.54, 1.807) is 0 Å². The number of carbonyl (C=O) groups excluding carboxylic acids is 1. The predicted octanol–water partition coefficient (Wildman–Crippen LogP) is 1.12. The summed E-state index contributed by atoms with van der Waals surface area (Å²) in [7, 11) is 1.51. The molecule has 0 saturated heterocycles. The zero-order valence-corrected chi connectivity index (χ0v) is 10.4. The third-order valence-corrected chi connectivity index (χ3v) is 2.62. The van der Waals surface area contributed by atoms with E-state index in [1.807, 2.05) is 6.92 Å². The summed E-state index contributed by atoms with van der Waals surface area (Å²) in [6.45, 7) is 6.07. The predicted molar refractivity (Wildman–Crippen MR) is 60.2 cm³/mol. The van der Waals surface area contributed by atoms with E-state index >= 15 is 0 Å².